The van der Waals surface area contributed by atoms with Crippen molar-refractivity contribution in [1.29, 1.82) is 0 Å². The fraction of sp³-hybridized carbons (Fsp3) is 0.294. The third-order valence-electron chi connectivity index (χ3n) is 4.29. The summed E-state index contributed by atoms with van der Waals surface area (Å²) in [5.41, 5.74) is 1.81. The van der Waals surface area contributed by atoms with Gasteiger partial charge in [-0.05, 0) is 60.3 Å². The predicted octanol–water partition coefficient (Wildman–Crippen LogP) is 3.00. The van der Waals surface area contributed by atoms with Crippen LogP contribution >= 0.6 is 11.6 Å². The topological polar surface area (TPSA) is 72.7 Å². The van der Waals surface area contributed by atoms with Gasteiger partial charge in [-0.1, -0.05) is 17.7 Å². The average Bonchev–Trinajstić information content (AvgIpc) is 2.94. The molecule has 0 spiro atoms. The Morgan fingerprint density at radius 2 is 1.73 bits per heavy atom. The van der Waals surface area contributed by atoms with E-state index in [1.54, 1.807) is 24.3 Å². The molecule has 0 aromatic heterocycles. The minimum atomic E-state index is -0.112. The Labute approximate surface area is 134 Å². The lowest BCUT2D eigenvalue weighted by molar-refractivity contribution is 0.401. The van der Waals surface area contributed by atoms with Gasteiger partial charge in [0.05, 0.1) is 0 Å². The summed E-state index contributed by atoms with van der Waals surface area (Å²) in [4.78, 5) is 0. The summed E-state index contributed by atoms with van der Waals surface area (Å²) >= 11 is 6.01. The third-order valence-corrected chi connectivity index (χ3v) is 4.53. The minimum Gasteiger partial charge on any atom is -0.508 e. The van der Waals surface area contributed by atoms with Gasteiger partial charge in [0.2, 0.25) is 0 Å². The Hall–Kier alpha value is -1.91. The van der Waals surface area contributed by atoms with E-state index in [4.69, 9.17) is 11.6 Å². The molecule has 0 radical (unpaired) electrons. The van der Waals surface area contributed by atoms with Crippen LogP contribution in [-0.4, -0.2) is 28.4 Å². The van der Waals surface area contributed by atoms with Crippen LogP contribution in [0.3, 0.4) is 0 Å². The Balaban J connectivity index is 1.83. The number of rotatable bonds is 3. The van der Waals surface area contributed by atoms with Crippen LogP contribution in [0.15, 0.2) is 36.4 Å². The summed E-state index contributed by atoms with van der Waals surface area (Å²) in [6.45, 7) is 1.63. The molecule has 4 nitrogen and oxygen atoms in total. The maximum absolute atomic E-state index is 9.98. The molecule has 1 aliphatic rings. The average molecular weight is 320 g/mol. The smallest absolute Gasteiger partial charge is 0.157 e. The highest BCUT2D eigenvalue weighted by Crippen LogP contribution is 2.36. The van der Waals surface area contributed by atoms with Crippen molar-refractivity contribution < 1.29 is 15.3 Å². The van der Waals surface area contributed by atoms with Gasteiger partial charge in [0.25, 0.3) is 0 Å². The van der Waals surface area contributed by atoms with E-state index >= 15 is 0 Å². The van der Waals surface area contributed by atoms with Gasteiger partial charge < -0.3 is 20.6 Å². The van der Waals surface area contributed by atoms with Gasteiger partial charge in [0, 0.05) is 17.5 Å². The molecule has 2 aromatic carbocycles. The third kappa shape index (κ3) is 2.98. The highest BCUT2D eigenvalue weighted by Gasteiger charge is 2.29. The fourth-order valence-corrected chi connectivity index (χ4v) is 3.30. The molecule has 1 saturated heterocycles. The Kier molecular flexibility index (Phi) is 4.14. The number of aromatic hydroxyl groups is 3. The van der Waals surface area contributed by atoms with Crippen LogP contribution in [-0.2, 0) is 6.42 Å². The molecule has 0 unspecified atom stereocenters. The monoisotopic (exact) mass is 319 g/mol. The van der Waals surface area contributed by atoms with Gasteiger partial charge in [-0.15, -0.1) is 0 Å². The maximum Gasteiger partial charge on any atom is 0.157 e. The standard InChI is InChI=1S/C17H18ClNO3/c18-13-2-4-15(20)11(6-13)5-12-8-19-9-14(12)10-1-3-16(21)17(22)7-10/h1-4,6-7,12,14,19-22H,5,8-9H2/t12-,14+/m0/s1. The van der Waals surface area contributed by atoms with E-state index in [-0.39, 0.29) is 29.1 Å². The molecule has 2 aromatic rings. The molecule has 1 fully saturated rings. The van der Waals surface area contributed by atoms with Crippen molar-refractivity contribution in [1.82, 2.24) is 5.32 Å². The van der Waals surface area contributed by atoms with Gasteiger partial charge in [-0.25, -0.2) is 0 Å². The maximum atomic E-state index is 9.98. The molecular formula is C17H18ClNO3. The van der Waals surface area contributed by atoms with Crippen molar-refractivity contribution in [2.24, 2.45) is 5.92 Å². The molecule has 4 N–H and O–H groups in total. The Morgan fingerprint density at radius 1 is 0.955 bits per heavy atom. The first-order chi connectivity index (χ1) is 10.5. The molecule has 3 rings (SSSR count). The van der Waals surface area contributed by atoms with E-state index in [1.165, 1.54) is 6.07 Å². The van der Waals surface area contributed by atoms with E-state index < -0.39 is 0 Å². The quantitative estimate of drug-likeness (QED) is 0.656. The van der Waals surface area contributed by atoms with E-state index in [9.17, 15) is 15.3 Å². The second-order valence-electron chi connectivity index (χ2n) is 5.75. The largest absolute Gasteiger partial charge is 0.508 e. The summed E-state index contributed by atoms with van der Waals surface area (Å²) in [6, 6.07) is 10.0. The van der Waals surface area contributed by atoms with Crippen molar-refractivity contribution >= 4 is 11.6 Å². The lowest BCUT2D eigenvalue weighted by Gasteiger charge is -2.20. The molecule has 1 aliphatic heterocycles. The van der Waals surface area contributed by atoms with Crippen LogP contribution in [0, 0.1) is 5.92 Å². The molecule has 22 heavy (non-hydrogen) atoms. The summed E-state index contributed by atoms with van der Waals surface area (Å²) in [5.74, 6) is 0.536. The van der Waals surface area contributed by atoms with Crippen LogP contribution in [0.2, 0.25) is 5.02 Å². The van der Waals surface area contributed by atoms with Crippen molar-refractivity contribution in [2.45, 2.75) is 12.3 Å². The Bertz CT molecular complexity index is 690. The van der Waals surface area contributed by atoms with Crippen LogP contribution in [0.1, 0.15) is 17.0 Å². The number of phenols is 3. The summed E-state index contributed by atoms with van der Waals surface area (Å²) in [6.07, 6.45) is 0.700. The second-order valence-corrected chi connectivity index (χ2v) is 6.19. The molecule has 2 atom stereocenters. The zero-order chi connectivity index (χ0) is 15.7. The van der Waals surface area contributed by atoms with Gasteiger partial charge in [-0.3, -0.25) is 0 Å². The zero-order valence-corrected chi connectivity index (χ0v) is 12.7. The number of hydrogen-bond acceptors (Lipinski definition) is 4. The number of nitrogens with one attached hydrogen (secondary N) is 1. The Morgan fingerprint density at radius 3 is 2.50 bits per heavy atom. The predicted molar refractivity (Wildman–Crippen MR) is 85.7 cm³/mol. The molecule has 0 aliphatic carbocycles. The molecular weight excluding hydrogens is 302 g/mol. The fourth-order valence-electron chi connectivity index (χ4n) is 3.11. The highest BCUT2D eigenvalue weighted by atomic mass is 35.5. The summed E-state index contributed by atoms with van der Waals surface area (Å²) < 4.78 is 0. The summed E-state index contributed by atoms with van der Waals surface area (Å²) in [7, 11) is 0. The first-order valence-electron chi connectivity index (χ1n) is 7.24. The first kappa shape index (κ1) is 15.0. The molecule has 116 valence electrons. The van der Waals surface area contributed by atoms with E-state index in [2.05, 4.69) is 5.32 Å². The summed E-state index contributed by atoms with van der Waals surface area (Å²) in [5, 5.41) is 33.1. The van der Waals surface area contributed by atoms with E-state index in [1.807, 2.05) is 6.07 Å². The first-order valence-corrected chi connectivity index (χ1v) is 7.62. The van der Waals surface area contributed by atoms with Crippen LogP contribution in [0.25, 0.3) is 0 Å². The lowest BCUT2D eigenvalue weighted by atomic mass is 9.84. The molecule has 5 heteroatoms. The van der Waals surface area contributed by atoms with Crippen LogP contribution < -0.4 is 5.32 Å². The van der Waals surface area contributed by atoms with Gasteiger partial charge in [-0.2, -0.15) is 0 Å². The van der Waals surface area contributed by atoms with E-state index in [0.717, 1.165) is 24.2 Å². The van der Waals surface area contributed by atoms with Gasteiger partial charge in [0.15, 0.2) is 11.5 Å². The number of phenolic OH excluding ortho intramolecular Hbond substituents is 3. The van der Waals surface area contributed by atoms with Crippen molar-refractivity contribution in [3.05, 3.63) is 52.5 Å². The number of halogens is 1. The van der Waals surface area contributed by atoms with Crippen molar-refractivity contribution in [3.63, 3.8) is 0 Å². The molecule has 0 bridgehead atoms. The van der Waals surface area contributed by atoms with Gasteiger partial charge >= 0.3 is 0 Å². The highest BCUT2D eigenvalue weighted by molar-refractivity contribution is 6.30. The second kappa shape index (κ2) is 6.07. The lowest BCUT2D eigenvalue weighted by Crippen LogP contribution is -2.14. The minimum absolute atomic E-state index is 0.103. The number of hydrogen-bond donors (Lipinski definition) is 4. The molecule has 1 heterocycles. The van der Waals surface area contributed by atoms with Crippen molar-refractivity contribution in [3.8, 4) is 17.2 Å². The van der Waals surface area contributed by atoms with E-state index in [0.29, 0.717) is 11.4 Å². The molecule has 0 amide bonds. The number of benzene rings is 2. The van der Waals surface area contributed by atoms with Crippen molar-refractivity contribution in [2.75, 3.05) is 13.1 Å². The van der Waals surface area contributed by atoms with Crippen LogP contribution in [0.5, 0.6) is 17.2 Å². The zero-order valence-electron chi connectivity index (χ0n) is 12.0. The molecule has 0 saturated carbocycles. The van der Waals surface area contributed by atoms with Gasteiger partial charge in [0.1, 0.15) is 5.75 Å². The SMILES string of the molecule is Oc1ccc([C@H]2CNC[C@@H]2Cc2cc(Cl)ccc2O)cc1O. The normalized spacial score (nSPS) is 21.1. The van der Waals surface area contributed by atoms with Crippen LogP contribution in [0.4, 0.5) is 0 Å².